The van der Waals surface area contributed by atoms with E-state index in [9.17, 15) is 0 Å². The fraction of sp³-hybridized carbons (Fsp3) is 0.267. The van der Waals surface area contributed by atoms with Crippen molar-refractivity contribution in [2.75, 3.05) is 0 Å². The van der Waals surface area contributed by atoms with Crippen LogP contribution in [0.25, 0.3) is 0 Å². The number of nitrogens with one attached hydrogen (secondary N) is 1. The van der Waals surface area contributed by atoms with Gasteiger partial charge >= 0.3 is 0 Å². The molecule has 2 aromatic rings. The zero-order valence-corrected chi connectivity index (χ0v) is 10.3. The number of hydrogen-bond acceptors (Lipinski definition) is 3. The second-order valence-corrected chi connectivity index (χ2v) is 4.23. The molecule has 0 aliphatic carbocycles. The Kier molecular flexibility index (Phi) is 4.16. The Morgan fingerprint density at radius 3 is 2.61 bits per heavy atom. The van der Waals surface area contributed by atoms with Crippen LogP contribution >= 0.6 is 0 Å². The monoisotopic (exact) mass is 240 g/mol. The maximum absolute atomic E-state index is 8.93. The Morgan fingerprint density at radius 1 is 1.22 bits per heavy atom. The summed E-state index contributed by atoms with van der Waals surface area (Å²) >= 11 is 0. The van der Waals surface area contributed by atoms with Crippen molar-refractivity contribution in [1.82, 2.24) is 5.32 Å². The van der Waals surface area contributed by atoms with Crippen molar-refractivity contribution in [2.45, 2.75) is 25.4 Å². The van der Waals surface area contributed by atoms with Crippen LogP contribution in [-0.4, -0.2) is 0 Å². The number of hydrogen-bond donors (Lipinski definition) is 1. The van der Waals surface area contributed by atoms with Crippen LogP contribution in [-0.2, 0) is 0 Å². The second-order valence-electron chi connectivity index (χ2n) is 4.23. The lowest BCUT2D eigenvalue weighted by atomic mass is 10.0. The molecule has 1 aromatic heterocycles. The molecule has 1 N–H and O–H groups in total. The smallest absolute Gasteiger partial charge is 0.120 e. The van der Waals surface area contributed by atoms with Crippen LogP contribution in [0.3, 0.4) is 0 Å². The van der Waals surface area contributed by atoms with Crippen molar-refractivity contribution < 1.29 is 4.42 Å². The van der Waals surface area contributed by atoms with Gasteiger partial charge in [-0.15, -0.1) is 0 Å². The molecule has 3 nitrogen and oxygen atoms in total. The van der Waals surface area contributed by atoms with Gasteiger partial charge in [0.05, 0.1) is 24.8 Å². The third kappa shape index (κ3) is 2.99. The van der Waals surface area contributed by atoms with E-state index in [1.54, 1.807) is 6.26 Å². The molecule has 0 spiro atoms. The number of benzene rings is 1. The molecule has 2 rings (SSSR count). The van der Waals surface area contributed by atoms with E-state index in [1.807, 2.05) is 49.4 Å². The fourth-order valence-corrected chi connectivity index (χ4v) is 1.97. The highest BCUT2D eigenvalue weighted by Crippen LogP contribution is 2.22. The zero-order chi connectivity index (χ0) is 12.8. The molecule has 0 saturated carbocycles. The van der Waals surface area contributed by atoms with E-state index >= 15 is 0 Å². The van der Waals surface area contributed by atoms with Crippen LogP contribution in [0.1, 0.15) is 36.8 Å². The highest BCUT2D eigenvalue weighted by molar-refractivity contribution is 5.20. The van der Waals surface area contributed by atoms with Crippen molar-refractivity contribution in [3.63, 3.8) is 0 Å². The Labute approximate surface area is 107 Å². The van der Waals surface area contributed by atoms with Gasteiger partial charge in [-0.2, -0.15) is 5.26 Å². The summed E-state index contributed by atoms with van der Waals surface area (Å²) in [6, 6.07) is 16.1. The first-order valence-electron chi connectivity index (χ1n) is 6.02. The van der Waals surface area contributed by atoms with E-state index in [0.29, 0.717) is 6.42 Å². The predicted molar refractivity (Wildman–Crippen MR) is 69.7 cm³/mol. The molecule has 3 heteroatoms. The van der Waals surface area contributed by atoms with Crippen LogP contribution in [0.2, 0.25) is 0 Å². The van der Waals surface area contributed by atoms with Gasteiger partial charge in [0.2, 0.25) is 0 Å². The highest BCUT2D eigenvalue weighted by Gasteiger charge is 2.16. The molecule has 1 heterocycles. The number of nitrogens with zero attached hydrogens (tertiary/aromatic N) is 1. The maximum atomic E-state index is 8.93. The molecule has 0 fully saturated rings. The summed E-state index contributed by atoms with van der Waals surface area (Å²) in [6.07, 6.45) is 2.10. The molecule has 18 heavy (non-hydrogen) atoms. The third-order valence-corrected chi connectivity index (χ3v) is 2.92. The van der Waals surface area contributed by atoms with Gasteiger partial charge in [0.1, 0.15) is 5.76 Å². The lowest BCUT2D eigenvalue weighted by Gasteiger charge is -2.20. The van der Waals surface area contributed by atoms with Crippen molar-refractivity contribution in [1.29, 1.82) is 5.26 Å². The van der Waals surface area contributed by atoms with Gasteiger partial charge in [-0.05, 0) is 24.6 Å². The molecule has 92 valence electrons. The van der Waals surface area contributed by atoms with Crippen molar-refractivity contribution >= 4 is 0 Å². The Balaban J connectivity index is 2.10. The molecule has 1 aromatic carbocycles. The minimum absolute atomic E-state index is 0.0244. The molecule has 0 bridgehead atoms. The normalized spacial score (nSPS) is 13.8. The second kappa shape index (κ2) is 6.04. The molecule has 0 aliphatic heterocycles. The first-order chi connectivity index (χ1) is 8.81. The Bertz CT molecular complexity index is 499. The summed E-state index contributed by atoms with van der Waals surface area (Å²) in [6.45, 7) is 2.03. The molecule has 0 radical (unpaired) electrons. The maximum Gasteiger partial charge on any atom is 0.120 e. The van der Waals surface area contributed by atoms with Gasteiger partial charge in [-0.1, -0.05) is 30.3 Å². The summed E-state index contributed by atoms with van der Waals surface area (Å²) in [5, 5.41) is 12.3. The fourth-order valence-electron chi connectivity index (χ4n) is 1.97. The average molecular weight is 240 g/mol. The van der Waals surface area contributed by atoms with E-state index < -0.39 is 0 Å². The summed E-state index contributed by atoms with van der Waals surface area (Å²) in [4.78, 5) is 0. The van der Waals surface area contributed by atoms with E-state index in [-0.39, 0.29) is 12.1 Å². The Morgan fingerprint density at radius 2 is 2.00 bits per heavy atom. The largest absolute Gasteiger partial charge is 0.468 e. The molecule has 2 atom stereocenters. The van der Waals surface area contributed by atoms with Crippen molar-refractivity contribution in [2.24, 2.45) is 0 Å². The SMILES string of the molecule is CC(NC(CC#N)c1ccccc1)c1ccco1. The van der Waals surface area contributed by atoms with Gasteiger partial charge in [0, 0.05) is 6.04 Å². The first-order valence-corrected chi connectivity index (χ1v) is 6.02. The minimum atomic E-state index is 0.0244. The molecule has 0 aliphatic rings. The number of nitriles is 1. The lowest BCUT2D eigenvalue weighted by molar-refractivity contribution is 0.394. The van der Waals surface area contributed by atoms with Gasteiger partial charge < -0.3 is 4.42 Å². The van der Waals surface area contributed by atoms with E-state index in [0.717, 1.165) is 11.3 Å². The summed E-state index contributed by atoms with van der Waals surface area (Å²) in [5.41, 5.74) is 1.12. The molecule has 0 amide bonds. The number of rotatable bonds is 5. The summed E-state index contributed by atoms with van der Waals surface area (Å²) in [5.74, 6) is 0.883. The first kappa shape index (κ1) is 12.4. The van der Waals surface area contributed by atoms with Crippen LogP contribution in [0.15, 0.2) is 53.1 Å². The van der Waals surface area contributed by atoms with E-state index in [4.69, 9.17) is 9.68 Å². The minimum Gasteiger partial charge on any atom is -0.468 e. The number of furan rings is 1. The van der Waals surface area contributed by atoms with Gasteiger partial charge in [0.25, 0.3) is 0 Å². The zero-order valence-electron chi connectivity index (χ0n) is 10.3. The van der Waals surface area contributed by atoms with Crippen LogP contribution in [0.5, 0.6) is 0 Å². The third-order valence-electron chi connectivity index (χ3n) is 2.92. The predicted octanol–water partition coefficient (Wildman–Crippen LogP) is 3.59. The van der Waals surface area contributed by atoms with Crippen LogP contribution in [0, 0.1) is 11.3 Å². The van der Waals surface area contributed by atoms with Crippen molar-refractivity contribution in [3.8, 4) is 6.07 Å². The highest BCUT2D eigenvalue weighted by atomic mass is 16.3. The van der Waals surface area contributed by atoms with Gasteiger partial charge in [-0.25, -0.2) is 0 Å². The van der Waals surface area contributed by atoms with E-state index in [2.05, 4.69) is 11.4 Å². The topological polar surface area (TPSA) is 49.0 Å². The quantitative estimate of drug-likeness (QED) is 0.868. The summed E-state index contributed by atoms with van der Waals surface area (Å²) < 4.78 is 5.36. The lowest BCUT2D eigenvalue weighted by Crippen LogP contribution is -2.24. The van der Waals surface area contributed by atoms with Gasteiger partial charge in [-0.3, -0.25) is 5.32 Å². The van der Waals surface area contributed by atoms with Crippen LogP contribution in [0.4, 0.5) is 0 Å². The van der Waals surface area contributed by atoms with Crippen LogP contribution < -0.4 is 5.32 Å². The molecule has 0 saturated heterocycles. The standard InChI is InChI=1S/C15H16N2O/c1-12(15-8-5-11-18-15)17-14(9-10-16)13-6-3-2-4-7-13/h2-8,11-12,14,17H,9H2,1H3. The Hall–Kier alpha value is -2.05. The average Bonchev–Trinajstić information content (AvgIpc) is 2.93. The van der Waals surface area contributed by atoms with Gasteiger partial charge in [0.15, 0.2) is 0 Å². The molecular formula is C15H16N2O. The van der Waals surface area contributed by atoms with Crippen molar-refractivity contribution in [3.05, 3.63) is 60.1 Å². The van der Waals surface area contributed by atoms with E-state index in [1.165, 1.54) is 0 Å². The summed E-state index contributed by atoms with van der Waals surface area (Å²) in [7, 11) is 0. The molecular weight excluding hydrogens is 224 g/mol. The molecule has 2 unspecified atom stereocenters.